The molecule has 31 heavy (non-hydrogen) atoms. The summed E-state index contributed by atoms with van der Waals surface area (Å²) in [6, 6.07) is 22.9. The molecule has 2 aliphatic heterocycles. The second-order valence-electron chi connectivity index (χ2n) is 7.86. The molecule has 2 atom stereocenters. The molecular formula is C26H26N2O3. The first kappa shape index (κ1) is 19.5. The van der Waals surface area contributed by atoms with Crippen LogP contribution in [-0.4, -0.2) is 24.4 Å². The van der Waals surface area contributed by atoms with Crippen LogP contribution in [0.2, 0.25) is 0 Å². The molecule has 2 heterocycles. The number of aryl methyl sites for hydroxylation is 1. The topological polar surface area (TPSA) is 43.3 Å². The summed E-state index contributed by atoms with van der Waals surface area (Å²) in [6.45, 7) is 4.65. The van der Waals surface area contributed by atoms with Gasteiger partial charge in [0, 0.05) is 17.5 Å². The third-order valence-corrected chi connectivity index (χ3v) is 5.86. The van der Waals surface area contributed by atoms with Gasteiger partial charge in [-0.15, -0.1) is 0 Å². The molecular weight excluding hydrogens is 388 g/mol. The van der Waals surface area contributed by atoms with E-state index < -0.39 is 0 Å². The Morgan fingerprint density at radius 3 is 2.61 bits per heavy atom. The maximum atomic E-state index is 6.46. The first-order chi connectivity index (χ1) is 15.2. The molecule has 158 valence electrons. The third-order valence-electron chi connectivity index (χ3n) is 5.86. The Labute approximate surface area is 182 Å². The van der Waals surface area contributed by atoms with Crippen molar-refractivity contribution in [2.45, 2.75) is 32.5 Å². The van der Waals surface area contributed by atoms with Crippen LogP contribution in [-0.2, 0) is 0 Å². The fourth-order valence-corrected chi connectivity index (χ4v) is 4.29. The van der Waals surface area contributed by atoms with E-state index in [9.17, 15) is 0 Å². The SMILES string of the molecule is CCOc1ccc([C@H]2Oc3ccccc3[C@H]3CC(c4ccc(C)cc4)=NN32)cc1OC. The van der Waals surface area contributed by atoms with Gasteiger partial charge in [-0.25, -0.2) is 5.01 Å². The highest BCUT2D eigenvalue weighted by Gasteiger charge is 2.41. The molecule has 0 saturated carbocycles. The molecule has 0 fully saturated rings. The van der Waals surface area contributed by atoms with Crippen molar-refractivity contribution in [3.63, 3.8) is 0 Å². The van der Waals surface area contributed by atoms with Crippen LogP contribution in [0, 0.1) is 6.92 Å². The van der Waals surface area contributed by atoms with Gasteiger partial charge in [0.2, 0.25) is 6.23 Å². The smallest absolute Gasteiger partial charge is 0.214 e. The van der Waals surface area contributed by atoms with Crippen molar-refractivity contribution in [1.82, 2.24) is 5.01 Å². The summed E-state index contributed by atoms with van der Waals surface area (Å²) in [4.78, 5) is 0. The summed E-state index contributed by atoms with van der Waals surface area (Å²) in [5, 5.41) is 7.12. The molecule has 0 unspecified atom stereocenters. The van der Waals surface area contributed by atoms with Crippen LogP contribution < -0.4 is 14.2 Å². The van der Waals surface area contributed by atoms with E-state index in [1.165, 1.54) is 11.1 Å². The molecule has 0 bridgehead atoms. The number of rotatable bonds is 5. The fourth-order valence-electron chi connectivity index (χ4n) is 4.29. The lowest BCUT2D eigenvalue weighted by Crippen LogP contribution is -2.33. The van der Waals surface area contributed by atoms with Crippen LogP contribution in [0.25, 0.3) is 0 Å². The van der Waals surface area contributed by atoms with Gasteiger partial charge in [0.25, 0.3) is 0 Å². The predicted molar refractivity (Wildman–Crippen MR) is 121 cm³/mol. The Morgan fingerprint density at radius 2 is 1.84 bits per heavy atom. The molecule has 3 aromatic rings. The number of para-hydroxylation sites is 1. The van der Waals surface area contributed by atoms with Crippen molar-refractivity contribution >= 4 is 5.71 Å². The normalized spacial score (nSPS) is 19.2. The van der Waals surface area contributed by atoms with Crippen molar-refractivity contribution in [2.24, 2.45) is 5.10 Å². The zero-order valence-corrected chi connectivity index (χ0v) is 18.0. The van der Waals surface area contributed by atoms with Crippen LogP contribution in [0.15, 0.2) is 71.8 Å². The maximum absolute atomic E-state index is 6.46. The number of benzene rings is 3. The maximum Gasteiger partial charge on any atom is 0.214 e. The standard InChI is InChI=1S/C26H26N2O3/c1-4-30-24-14-13-19(15-25(24)29-3)26-28-22(20-7-5-6-8-23(20)31-26)16-21(27-28)18-11-9-17(2)10-12-18/h5-15,22,26H,4,16H2,1-3H3/t22-,26-/m1/s1. The van der Waals surface area contributed by atoms with Crippen molar-refractivity contribution in [3.05, 3.63) is 89.0 Å². The first-order valence-corrected chi connectivity index (χ1v) is 10.7. The van der Waals surface area contributed by atoms with E-state index in [1.807, 2.05) is 37.3 Å². The van der Waals surface area contributed by atoms with E-state index in [2.05, 4.69) is 48.3 Å². The molecule has 0 aromatic heterocycles. The Morgan fingerprint density at radius 1 is 1.03 bits per heavy atom. The Kier molecular flexibility index (Phi) is 5.02. The molecule has 0 N–H and O–H groups in total. The van der Waals surface area contributed by atoms with E-state index >= 15 is 0 Å². The van der Waals surface area contributed by atoms with Gasteiger partial charge in [-0.3, -0.25) is 0 Å². The average molecular weight is 415 g/mol. The summed E-state index contributed by atoms with van der Waals surface area (Å²) >= 11 is 0. The molecule has 5 nitrogen and oxygen atoms in total. The highest BCUT2D eigenvalue weighted by molar-refractivity contribution is 6.02. The van der Waals surface area contributed by atoms with Gasteiger partial charge < -0.3 is 14.2 Å². The van der Waals surface area contributed by atoms with Gasteiger partial charge in [0.1, 0.15) is 5.75 Å². The number of fused-ring (bicyclic) bond motifs is 3. The molecule has 3 aromatic carbocycles. The Hall–Kier alpha value is -3.47. The van der Waals surface area contributed by atoms with E-state index in [0.717, 1.165) is 34.8 Å². The number of methoxy groups -OCH3 is 1. The van der Waals surface area contributed by atoms with Crippen molar-refractivity contribution in [2.75, 3.05) is 13.7 Å². The van der Waals surface area contributed by atoms with Crippen LogP contribution in [0.4, 0.5) is 0 Å². The predicted octanol–water partition coefficient (Wildman–Crippen LogP) is 5.64. The van der Waals surface area contributed by atoms with E-state index in [-0.39, 0.29) is 12.3 Å². The second kappa shape index (κ2) is 7.99. The summed E-state index contributed by atoms with van der Waals surface area (Å²) in [5.41, 5.74) is 5.62. The lowest BCUT2D eigenvalue weighted by atomic mass is 9.95. The third kappa shape index (κ3) is 3.50. The summed E-state index contributed by atoms with van der Waals surface area (Å²) in [7, 11) is 1.66. The molecule has 5 heteroatoms. The lowest BCUT2D eigenvalue weighted by molar-refractivity contribution is -0.0191. The highest BCUT2D eigenvalue weighted by atomic mass is 16.5. The monoisotopic (exact) mass is 414 g/mol. The number of hydrogen-bond acceptors (Lipinski definition) is 5. The van der Waals surface area contributed by atoms with Crippen molar-refractivity contribution < 1.29 is 14.2 Å². The number of hydrogen-bond donors (Lipinski definition) is 0. The number of nitrogens with zero attached hydrogens (tertiary/aromatic N) is 2. The van der Waals surface area contributed by atoms with Crippen molar-refractivity contribution in [3.8, 4) is 17.2 Å². The van der Waals surface area contributed by atoms with E-state index in [4.69, 9.17) is 19.3 Å². The minimum Gasteiger partial charge on any atom is -0.493 e. The van der Waals surface area contributed by atoms with E-state index in [1.54, 1.807) is 7.11 Å². The van der Waals surface area contributed by atoms with E-state index in [0.29, 0.717) is 12.4 Å². The van der Waals surface area contributed by atoms with Gasteiger partial charge in [0.15, 0.2) is 11.5 Å². The molecule has 2 aliphatic rings. The summed E-state index contributed by atoms with van der Waals surface area (Å²) < 4.78 is 17.7. The molecule has 0 saturated heterocycles. The van der Waals surface area contributed by atoms with Gasteiger partial charge in [0.05, 0.1) is 25.5 Å². The van der Waals surface area contributed by atoms with Crippen LogP contribution >= 0.6 is 0 Å². The second-order valence-corrected chi connectivity index (χ2v) is 7.86. The van der Waals surface area contributed by atoms with Crippen LogP contribution in [0.1, 0.15) is 47.9 Å². The Balaban J connectivity index is 1.56. The Bertz CT molecular complexity index is 1120. The first-order valence-electron chi connectivity index (χ1n) is 10.7. The van der Waals surface area contributed by atoms with Gasteiger partial charge in [-0.05, 0) is 43.7 Å². The fraction of sp³-hybridized carbons (Fsp3) is 0.269. The van der Waals surface area contributed by atoms with Crippen LogP contribution in [0.3, 0.4) is 0 Å². The van der Waals surface area contributed by atoms with Crippen molar-refractivity contribution in [1.29, 1.82) is 0 Å². The largest absolute Gasteiger partial charge is 0.493 e. The van der Waals surface area contributed by atoms with Gasteiger partial charge in [-0.1, -0.05) is 48.0 Å². The highest BCUT2D eigenvalue weighted by Crippen LogP contribution is 2.48. The summed E-state index contributed by atoms with van der Waals surface area (Å²) in [6.07, 6.45) is 0.501. The molecule has 0 radical (unpaired) electrons. The van der Waals surface area contributed by atoms with Gasteiger partial charge in [-0.2, -0.15) is 5.10 Å². The molecule has 0 spiro atoms. The molecule has 5 rings (SSSR count). The van der Waals surface area contributed by atoms with Crippen LogP contribution in [0.5, 0.6) is 17.2 Å². The minimum atomic E-state index is -0.340. The number of hydrazone groups is 1. The molecule has 0 aliphatic carbocycles. The quantitative estimate of drug-likeness (QED) is 0.542. The zero-order valence-electron chi connectivity index (χ0n) is 18.0. The summed E-state index contributed by atoms with van der Waals surface area (Å²) in [5.74, 6) is 2.33. The zero-order chi connectivity index (χ0) is 21.4. The molecule has 0 amide bonds. The number of ether oxygens (including phenoxy) is 3. The average Bonchev–Trinajstić information content (AvgIpc) is 3.25. The van der Waals surface area contributed by atoms with Gasteiger partial charge >= 0.3 is 0 Å². The lowest BCUT2D eigenvalue weighted by Gasteiger charge is -2.38. The minimum absolute atomic E-state index is 0.129.